The predicted octanol–water partition coefficient (Wildman–Crippen LogP) is 3.76. The van der Waals surface area contributed by atoms with Crippen molar-refractivity contribution in [2.45, 2.75) is 104 Å². The highest BCUT2D eigenvalue weighted by Gasteiger charge is 1.98. The van der Waals surface area contributed by atoms with Crippen molar-refractivity contribution in [2.24, 2.45) is 0 Å². The summed E-state index contributed by atoms with van der Waals surface area (Å²) in [6.07, 6.45) is 11.1. The minimum absolute atomic E-state index is 0. The van der Waals surface area contributed by atoms with Crippen molar-refractivity contribution in [1.82, 2.24) is 0 Å². The Morgan fingerprint density at radius 2 is 0.947 bits per heavy atom. The Hall–Kier alpha value is 0.686. The van der Waals surface area contributed by atoms with Gasteiger partial charge < -0.3 is 10.2 Å². The number of rotatable bonds is 10. The number of aliphatic hydroxyl groups is 2. The Morgan fingerprint density at radius 1 is 0.632 bits per heavy atom. The summed E-state index contributed by atoms with van der Waals surface area (Å²) in [7, 11) is 0. The van der Waals surface area contributed by atoms with Crippen LogP contribution in [0, 0.1) is 0 Å². The molecule has 0 aliphatic rings. The lowest BCUT2D eigenvalue weighted by Crippen LogP contribution is -2.02. The fraction of sp³-hybridized carbons (Fsp3) is 1.00. The van der Waals surface area contributed by atoms with E-state index in [1.807, 2.05) is 13.8 Å². The van der Waals surface area contributed by atoms with Crippen molar-refractivity contribution in [2.75, 3.05) is 0 Å². The van der Waals surface area contributed by atoms with Crippen molar-refractivity contribution in [3.8, 4) is 0 Å². The third-order valence-electron chi connectivity index (χ3n) is 3.22. The maximum absolute atomic E-state index is 9.08. The van der Waals surface area contributed by atoms with Crippen molar-refractivity contribution >= 4 is 23.1 Å². The van der Waals surface area contributed by atoms with Crippen LogP contribution in [0.15, 0.2) is 0 Å². The monoisotopic (exact) mass is 286 g/mol. The molecule has 0 aromatic carbocycles. The van der Waals surface area contributed by atoms with Gasteiger partial charge in [-0.25, -0.2) is 0 Å². The summed E-state index contributed by atoms with van der Waals surface area (Å²) in [5, 5.41) is 18.2. The van der Waals surface area contributed by atoms with Crippen molar-refractivity contribution in [3.63, 3.8) is 0 Å². The molecule has 3 heteroatoms. The van der Waals surface area contributed by atoms with Crippen LogP contribution in [0.25, 0.3) is 0 Å². The van der Waals surface area contributed by atoms with Gasteiger partial charge in [0.15, 0.2) is 0 Å². The molecule has 0 radical (unpaired) electrons. The van der Waals surface area contributed by atoms with Crippen LogP contribution in [0.1, 0.15) is 91.9 Å². The zero-order valence-corrected chi connectivity index (χ0v) is 13.1. The fourth-order valence-corrected chi connectivity index (χ4v) is 1.67. The van der Waals surface area contributed by atoms with E-state index in [4.69, 9.17) is 10.2 Å². The first-order valence-corrected chi connectivity index (χ1v) is 7.98. The van der Waals surface area contributed by atoms with Gasteiger partial charge in [-0.3, -0.25) is 0 Å². The molecule has 2 unspecified atom stereocenters. The summed E-state index contributed by atoms with van der Waals surface area (Å²) < 4.78 is 0. The van der Waals surface area contributed by atoms with Crippen LogP contribution in [0.2, 0.25) is 0 Å². The molecule has 0 aromatic rings. The summed E-state index contributed by atoms with van der Waals surface area (Å²) >= 11 is 0. The minimum atomic E-state index is -0.0449. The third kappa shape index (κ3) is 24.1. The molecule has 0 aliphatic carbocycles. The molecule has 0 spiro atoms. The Morgan fingerprint density at radius 3 is 1.16 bits per heavy atom. The number of unbranched alkanes of at least 4 members (excludes halogenated alkanes) is 4. The first-order valence-electron chi connectivity index (χ1n) is 7.98. The maximum atomic E-state index is 9.08. The summed E-state index contributed by atoms with van der Waals surface area (Å²) in [6.45, 7) is 8.41. The highest BCUT2D eigenvalue weighted by atomic mass is 24.3. The highest BCUT2D eigenvalue weighted by molar-refractivity contribution is 5.75. The van der Waals surface area contributed by atoms with Gasteiger partial charge in [0.2, 0.25) is 0 Å². The van der Waals surface area contributed by atoms with Crippen LogP contribution in [-0.4, -0.2) is 45.5 Å². The Bertz CT molecular complexity index is 127. The summed E-state index contributed by atoms with van der Waals surface area (Å²) in [5.74, 6) is 0. The quantitative estimate of drug-likeness (QED) is 0.474. The summed E-state index contributed by atoms with van der Waals surface area (Å²) in [5.41, 5.74) is 0. The van der Waals surface area contributed by atoms with Crippen molar-refractivity contribution in [1.29, 1.82) is 0 Å². The van der Waals surface area contributed by atoms with Crippen LogP contribution < -0.4 is 0 Å². The number of aliphatic hydroxyl groups excluding tert-OH is 2. The molecule has 2 N–H and O–H groups in total. The first-order chi connectivity index (χ1) is 8.62. The van der Waals surface area contributed by atoms with Crippen molar-refractivity contribution in [3.05, 3.63) is 0 Å². The van der Waals surface area contributed by atoms with E-state index < -0.39 is 0 Å². The van der Waals surface area contributed by atoms with E-state index in [0.717, 1.165) is 25.7 Å². The highest BCUT2D eigenvalue weighted by Crippen LogP contribution is 2.05. The summed E-state index contributed by atoms with van der Waals surface area (Å²) in [6, 6.07) is 0. The molecule has 0 aromatic heterocycles. The predicted molar refractivity (Wildman–Crippen MR) is 89.4 cm³/mol. The zero-order chi connectivity index (χ0) is 14.2. The maximum Gasteiger partial charge on any atom is 0.316 e. The average Bonchev–Trinajstić information content (AvgIpc) is 2.39. The van der Waals surface area contributed by atoms with Gasteiger partial charge in [-0.15, -0.1) is 0 Å². The van der Waals surface area contributed by atoms with Crippen molar-refractivity contribution < 1.29 is 10.2 Å². The van der Waals surface area contributed by atoms with E-state index in [-0.39, 0.29) is 35.3 Å². The molecule has 0 amide bonds. The van der Waals surface area contributed by atoms with E-state index >= 15 is 0 Å². The topological polar surface area (TPSA) is 40.5 Å². The van der Waals surface area contributed by atoms with E-state index in [2.05, 4.69) is 13.8 Å². The third-order valence-corrected chi connectivity index (χ3v) is 3.22. The molecule has 0 saturated carbocycles. The molecular weight excluding hydrogens is 248 g/mol. The van der Waals surface area contributed by atoms with Gasteiger partial charge >= 0.3 is 23.1 Å². The molecule has 0 rings (SSSR count). The van der Waals surface area contributed by atoms with Crippen LogP contribution in [-0.2, 0) is 0 Å². The lowest BCUT2D eigenvalue weighted by molar-refractivity contribution is 0.156. The molecule has 2 atom stereocenters. The molecule has 0 saturated heterocycles. The van der Waals surface area contributed by atoms with Gasteiger partial charge in [0.1, 0.15) is 0 Å². The summed E-state index contributed by atoms with van der Waals surface area (Å²) in [4.78, 5) is 0. The molecular formula is C16H38MgO2. The number of hydrogen-bond acceptors (Lipinski definition) is 2. The molecule has 19 heavy (non-hydrogen) atoms. The van der Waals surface area contributed by atoms with E-state index in [0.29, 0.717) is 0 Å². The largest absolute Gasteiger partial charge is 0.393 e. The standard InChI is InChI=1S/2C8H18O.Mg.2H/c2*1-3-5-6-7-8(9)4-2;;;/h2*8-9H,3-7H2,1-2H3;;;. The number of hydrogen-bond donors (Lipinski definition) is 2. The molecule has 0 aliphatic heterocycles. The molecule has 116 valence electrons. The molecule has 2 nitrogen and oxygen atoms in total. The second-order valence-corrected chi connectivity index (χ2v) is 5.12. The minimum Gasteiger partial charge on any atom is -0.393 e. The lowest BCUT2D eigenvalue weighted by Gasteiger charge is -2.04. The van der Waals surface area contributed by atoms with Gasteiger partial charge in [-0.1, -0.05) is 66.2 Å². The normalized spacial score (nSPS) is 12.9. The fourth-order valence-electron chi connectivity index (χ4n) is 1.67. The average molecular weight is 287 g/mol. The Kier molecular flexibility index (Phi) is 27.3. The van der Waals surface area contributed by atoms with Crippen LogP contribution in [0.3, 0.4) is 0 Å². The van der Waals surface area contributed by atoms with E-state index in [9.17, 15) is 0 Å². The lowest BCUT2D eigenvalue weighted by atomic mass is 10.1. The first kappa shape index (κ1) is 24.7. The van der Waals surface area contributed by atoms with Crippen LogP contribution >= 0.6 is 0 Å². The zero-order valence-electron chi connectivity index (χ0n) is 13.1. The van der Waals surface area contributed by atoms with Gasteiger partial charge in [-0.05, 0) is 25.7 Å². The van der Waals surface area contributed by atoms with E-state index in [1.54, 1.807) is 0 Å². The van der Waals surface area contributed by atoms with Gasteiger partial charge in [0, 0.05) is 0 Å². The second-order valence-electron chi connectivity index (χ2n) is 5.12. The Balaban J connectivity index is -0.000000256. The second kappa shape index (κ2) is 21.0. The van der Waals surface area contributed by atoms with Gasteiger partial charge in [0.25, 0.3) is 0 Å². The van der Waals surface area contributed by atoms with Gasteiger partial charge in [0.05, 0.1) is 12.2 Å². The van der Waals surface area contributed by atoms with Gasteiger partial charge in [-0.2, -0.15) is 0 Å². The van der Waals surface area contributed by atoms with Crippen LogP contribution in [0.4, 0.5) is 0 Å². The molecule has 0 bridgehead atoms. The Labute approximate surface area is 137 Å². The molecule has 0 fully saturated rings. The SMILES string of the molecule is CCCCCC(O)CC.CCCCCC(O)CC.[MgH2]. The van der Waals surface area contributed by atoms with Crippen LogP contribution in [0.5, 0.6) is 0 Å². The smallest absolute Gasteiger partial charge is 0.316 e. The molecule has 0 heterocycles. The van der Waals surface area contributed by atoms with E-state index in [1.165, 1.54) is 38.5 Å².